The average molecular weight is 459 g/mol. The van der Waals surface area contributed by atoms with Crippen LogP contribution in [0.25, 0.3) is 22.5 Å². The number of carbonyl (C=O) groups excluding carboxylic acids is 1. The number of tetrazole rings is 1. The number of nitriles is 1. The molecule has 0 spiro atoms. The van der Waals surface area contributed by atoms with Crippen LogP contribution in [0.4, 0.5) is 10.1 Å². The van der Waals surface area contributed by atoms with E-state index in [-0.39, 0.29) is 11.5 Å². The standard InChI is InChI=1S/C24H16ClFN6O/c25-17-3-1-2-16(11-17)24(8-9-24)23(33)28-18-6-7-19(20(12-18)22-29-31-32-30-22)14-4-5-15(13-27)21(26)10-14/h1-7,10-12H,8-9H2,(H,28,33)(H,29,30,31,32). The summed E-state index contributed by atoms with van der Waals surface area (Å²) in [6.45, 7) is 0. The summed E-state index contributed by atoms with van der Waals surface area (Å²) >= 11 is 6.13. The third-order valence-corrected chi connectivity index (χ3v) is 6.06. The van der Waals surface area contributed by atoms with Crippen LogP contribution in [-0.2, 0) is 10.2 Å². The van der Waals surface area contributed by atoms with Crippen LogP contribution in [0.1, 0.15) is 24.0 Å². The van der Waals surface area contributed by atoms with Crippen molar-refractivity contribution in [1.29, 1.82) is 5.26 Å². The second-order valence-electron chi connectivity index (χ2n) is 7.85. The molecule has 1 fully saturated rings. The number of nitrogens with zero attached hydrogens (tertiary/aromatic N) is 4. The summed E-state index contributed by atoms with van der Waals surface area (Å²) in [6.07, 6.45) is 1.47. The molecule has 9 heteroatoms. The number of hydrogen-bond acceptors (Lipinski definition) is 5. The van der Waals surface area contributed by atoms with E-state index in [1.165, 1.54) is 12.1 Å². The Balaban J connectivity index is 1.50. The van der Waals surface area contributed by atoms with E-state index in [2.05, 4.69) is 25.9 Å². The number of aromatic nitrogens is 4. The number of H-pyrrole nitrogens is 1. The van der Waals surface area contributed by atoms with Gasteiger partial charge in [-0.25, -0.2) is 4.39 Å². The molecule has 1 heterocycles. The minimum Gasteiger partial charge on any atom is -0.325 e. The first kappa shape index (κ1) is 20.8. The molecule has 33 heavy (non-hydrogen) atoms. The van der Waals surface area contributed by atoms with Gasteiger partial charge < -0.3 is 5.32 Å². The second-order valence-corrected chi connectivity index (χ2v) is 8.29. The SMILES string of the molecule is N#Cc1ccc(-c2ccc(NC(=O)C3(c4cccc(Cl)c4)CC3)cc2-c2nn[nH]n2)cc1F. The summed E-state index contributed by atoms with van der Waals surface area (Å²) in [5.74, 6) is -0.452. The van der Waals surface area contributed by atoms with E-state index in [0.29, 0.717) is 33.2 Å². The highest BCUT2D eigenvalue weighted by molar-refractivity contribution is 6.30. The molecule has 5 rings (SSSR count). The van der Waals surface area contributed by atoms with Gasteiger partial charge in [0, 0.05) is 16.3 Å². The highest BCUT2D eigenvalue weighted by atomic mass is 35.5. The van der Waals surface area contributed by atoms with Crippen LogP contribution in [0.2, 0.25) is 5.02 Å². The summed E-state index contributed by atoms with van der Waals surface area (Å²) in [5, 5.41) is 26.7. The summed E-state index contributed by atoms with van der Waals surface area (Å²) in [5.41, 5.74) is 2.52. The second kappa shape index (κ2) is 8.11. The predicted molar refractivity (Wildman–Crippen MR) is 121 cm³/mol. The first-order valence-corrected chi connectivity index (χ1v) is 10.5. The summed E-state index contributed by atoms with van der Waals surface area (Å²) in [7, 11) is 0. The van der Waals surface area contributed by atoms with Gasteiger partial charge in [0.05, 0.1) is 11.0 Å². The molecule has 0 bridgehead atoms. The first-order chi connectivity index (χ1) is 16.0. The number of amides is 1. The Morgan fingerprint density at radius 1 is 1.12 bits per heavy atom. The van der Waals surface area contributed by atoms with Gasteiger partial charge >= 0.3 is 0 Å². The number of nitrogens with one attached hydrogen (secondary N) is 2. The number of aromatic amines is 1. The molecule has 162 valence electrons. The third kappa shape index (κ3) is 3.83. The fourth-order valence-corrected chi connectivity index (χ4v) is 4.11. The zero-order valence-electron chi connectivity index (χ0n) is 17.1. The van der Waals surface area contributed by atoms with Gasteiger partial charge in [-0.2, -0.15) is 10.5 Å². The molecule has 3 aromatic carbocycles. The Morgan fingerprint density at radius 3 is 2.64 bits per heavy atom. The number of halogens is 2. The maximum absolute atomic E-state index is 14.3. The van der Waals surface area contributed by atoms with Crippen molar-refractivity contribution < 1.29 is 9.18 Å². The van der Waals surface area contributed by atoms with Crippen molar-refractivity contribution in [3.63, 3.8) is 0 Å². The van der Waals surface area contributed by atoms with E-state index >= 15 is 0 Å². The lowest BCUT2D eigenvalue weighted by Crippen LogP contribution is -2.27. The first-order valence-electron chi connectivity index (χ1n) is 10.2. The zero-order chi connectivity index (χ0) is 23.0. The minimum absolute atomic E-state index is 0.0421. The topological polar surface area (TPSA) is 107 Å². The maximum atomic E-state index is 14.3. The van der Waals surface area contributed by atoms with Gasteiger partial charge in [0.2, 0.25) is 11.7 Å². The number of benzene rings is 3. The van der Waals surface area contributed by atoms with E-state index in [1.807, 2.05) is 24.3 Å². The highest BCUT2D eigenvalue weighted by Crippen LogP contribution is 2.49. The molecule has 1 amide bonds. The van der Waals surface area contributed by atoms with Crippen molar-refractivity contribution in [3.05, 3.63) is 82.6 Å². The lowest BCUT2D eigenvalue weighted by atomic mass is 9.94. The molecule has 1 aliphatic carbocycles. The third-order valence-electron chi connectivity index (χ3n) is 5.83. The maximum Gasteiger partial charge on any atom is 0.235 e. The van der Waals surface area contributed by atoms with Gasteiger partial charge in [0.1, 0.15) is 11.9 Å². The largest absolute Gasteiger partial charge is 0.325 e. The smallest absolute Gasteiger partial charge is 0.235 e. The molecule has 7 nitrogen and oxygen atoms in total. The Labute approximate surface area is 193 Å². The Kier molecular flexibility index (Phi) is 5.11. The van der Waals surface area contributed by atoms with Crippen molar-refractivity contribution in [2.45, 2.75) is 18.3 Å². The molecule has 1 saturated carbocycles. The van der Waals surface area contributed by atoms with Crippen LogP contribution in [0.3, 0.4) is 0 Å². The molecular weight excluding hydrogens is 443 g/mol. The quantitative estimate of drug-likeness (QED) is 0.443. The molecule has 1 aliphatic rings. The summed E-state index contributed by atoms with van der Waals surface area (Å²) < 4.78 is 14.3. The number of hydrogen-bond donors (Lipinski definition) is 2. The lowest BCUT2D eigenvalue weighted by molar-refractivity contribution is -0.118. The van der Waals surface area contributed by atoms with Gasteiger partial charge in [-0.1, -0.05) is 35.9 Å². The van der Waals surface area contributed by atoms with Crippen LogP contribution in [0, 0.1) is 17.1 Å². The van der Waals surface area contributed by atoms with E-state index in [4.69, 9.17) is 16.9 Å². The zero-order valence-corrected chi connectivity index (χ0v) is 17.9. The van der Waals surface area contributed by atoms with Crippen molar-refractivity contribution in [2.75, 3.05) is 5.32 Å². The van der Waals surface area contributed by atoms with Crippen molar-refractivity contribution in [3.8, 4) is 28.6 Å². The van der Waals surface area contributed by atoms with Gasteiger partial charge in [0.25, 0.3) is 0 Å². The Morgan fingerprint density at radius 2 is 1.97 bits per heavy atom. The summed E-state index contributed by atoms with van der Waals surface area (Å²) in [6, 6.07) is 18.7. The molecule has 0 atom stereocenters. The highest BCUT2D eigenvalue weighted by Gasteiger charge is 2.51. The minimum atomic E-state index is -0.622. The average Bonchev–Trinajstić information content (AvgIpc) is 3.46. The number of anilines is 1. The molecule has 1 aromatic heterocycles. The molecule has 0 unspecified atom stereocenters. The Hall–Kier alpha value is -4.09. The van der Waals surface area contributed by atoms with Crippen molar-refractivity contribution >= 4 is 23.2 Å². The van der Waals surface area contributed by atoms with Gasteiger partial charge in [-0.3, -0.25) is 4.79 Å². The lowest BCUT2D eigenvalue weighted by Gasteiger charge is -2.17. The van der Waals surface area contributed by atoms with E-state index in [0.717, 1.165) is 18.4 Å². The molecular formula is C24H16ClFN6O. The van der Waals surface area contributed by atoms with Crippen LogP contribution in [-0.4, -0.2) is 26.5 Å². The van der Waals surface area contributed by atoms with E-state index in [9.17, 15) is 9.18 Å². The predicted octanol–water partition coefficient (Wildman–Crippen LogP) is 4.87. The molecule has 0 saturated heterocycles. The molecule has 2 N–H and O–H groups in total. The fourth-order valence-electron chi connectivity index (χ4n) is 3.92. The molecule has 0 aliphatic heterocycles. The fraction of sp³-hybridized carbons (Fsp3) is 0.125. The van der Waals surface area contributed by atoms with Crippen LogP contribution in [0.15, 0.2) is 60.7 Å². The molecule has 4 aromatic rings. The van der Waals surface area contributed by atoms with Crippen molar-refractivity contribution in [1.82, 2.24) is 20.6 Å². The van der Waals surface area contributed by atoms with Crippen LogP contribution < -0.4 is 5.32 Å². The van der Waals surface area contributed by atoms with Gasteiger partial charge in [-0.05, 0) is 71.1 Å². The van der Waals surface area contributed by atoms with Gasteiger partial charge in [0.15, 0.2) is 0 Å². The van der Waals surface area contributed by atoms with E-state index in [1.54, 1.807) is 30.3 Å². The van der Waals surface area contributed by atoms with Crippen molar-refractivity contribution in [2.24, 2.45) is 0 Å². The normalized spacial score (nSPS) is 13.8. The van der Waals surface area contributed by atoms with Crippen LogP contribution >= 0.6 is 11.6 Å². The summed E-state index contributed by atoms with van der Waals surface area (Å²) in [4.78, 5) is 13.2. The van der Waals surface area contributed by atoms with E-state index < -0.39 is 11.2 Å². The Bertz CT molecular complexity index is 1410. The monoisotopic (exact) mass is 458 g/mol. The molecule has 0 radical (unpaired) electrons. The number of rotatable bonds is 5. The number of carbonyl (C=O) groups is 1. The van der Waals surface area contributed by atoms with Gasteiger partial charge in [-0.15, -0.1) is 10.2 Å². The van der Waals surface area contributed by atoms with Crippen LogP contribution in [0.5, 0.6) is 0 Å².